The van der Waals surface area contributed by atoms with Crippen molar-refractivity contribution in [1.29, 1.82) is 0 Å². The third-order valence-corrected chi connectivity index (χ3v) is 5.08. The van der Waals surface area contributed by atoms with E-state index in [0.717, 1.165) is 17.8 Å². The summed E-state index contributed by atoms with van der Waals surface area (Å²) < 4.78 is 0. The summed E-state index contributed by atoms with van der Waals surface area (Å²) in [5.74, 6) is 0.772. The molecule has 0 amide bonds. The van der Waals surface area contributed by atoms with E-state index < -0.39 is 0 Å². The first-order valence-electron chi connectivity index (χ1n) is 5.40. The number of hydrogen-bond donors (Lipinski definition) is 0. The minimum atomic E-state index is 0.620. The topological polar surface area (TPSA) is 16.1 Å². The maximum atomic E-state index is 4.65. The van der Waals surface area contributed by atoms with E-state index in [1.165, 1.54) is 22.1 Å². The fourth-order valence-electron chi connectivity index (χ4n) is 2.06. The predicted octanol–water partition coefficient (Wildman–Crippen LogP) is 3.37. The number of thiazole rings is 1. The van der Waals surface area contributed by atoms with E-state index in [2.05, 4.69) is 46.6 Å². The van der Waals surface area contributed by atoms with E-state index >= 15 is 0 Å². The third-order valence-electron chi connectivity index (χ3n) is 3.30. The molecular weight excluding hydrogens is 272 g/mol. The first kappa shape index (κ1) is 11.4. The Kier molecular flexibility index (Phi) is 3.36. The van der Waals surface area contributed by atoms with Gasteiger partial charge in [0, 0.05) is 22.8 Å². The lowest BCUT2D eigenvalue weighted by Gasteiger charge is -2.24. The summed E-state index contributed by atoms with van der Waals surface area (Å²) in [6, 6.07) is 0.620. The molecule has 1 aromatic heterocycles. The summed E-state index contributed by atoms with van der Waals surface area (Å²) in [5.41, 5.74) is 1.18. The van der Waals surface area contributed by atoms with Gasteiger partial charge in [-0.25, -0.2) is 4.98 Å². The summed E-state index contributed by atoms with van der Waals surface area (Å²) >= 11 is 5.44. The second-order valence-corrected chi connectivity index (χ2v) is 6.15. The number of aromatic nitrogens is 1. The molecule has 2 nitrogen and oxygen atoms in total. The summed E-state index contributed by atoms with van der Waals surface area (Å²) in [4.78, 5) is 8.46. The predicted molar refractivity (Wildman–Crippen MR) is 70.3 cm³/mol. The Hall–Kier alpha value is -0.0900. The fraction of sp³-hybridized carbons (Fsp3) is 0.727. The van der Waals surface area contributed by atoms with Crippen LogP contribution in [0.2, 0.25) is 0 Å². The Bertz CT molecular complexity index is 331. The molecule has 0 N–H and O–H groups in total. The van der Waals surface area contributed by atoms with Crippen LogP contribution in [-0.2, 0) is 0 Å². The number of hydrogen-bond acceptors (Lipinski definition) is 3. The van der Waals surface area contributed by atoms with Crippen molar-refractivity contribution >= 4 is 32.4 Å². The summed E-state index contributed by atoms with van der Waals surface area (Å²) in [5, 5.41) is 2.25. The molecule has 2 rings (SSSR count). The van der Waals surface area contributed by atoms with Gasteiger partial charge in [0.15, 0.2) is 5.13 Å². The zero-order chi connectivity index (χ0) is 11.0. The lowest BCUT2D eigenvalue weighted by molar-refractivity contribution is 0.554. The largest absolute Gasteiger partial charge is 0.344 e. The van der Waals surface area contributed by atoms with Crippen LogP contribution in [0.5, 0.6) is 0 Å². The number of halogens is 1. The summed E-state index contributed by atoms with van der Waals surface area (Å²) in [6.45, 7) is 7.74. The molecule has 0 saturated carbocycles. The molecule has 0 spiro atoms. The molecule has 1 aliphatic rings. The van der Waals surface area contributed by atoms with Crippen molar-refractivity contribution in [2.24, 2.45) is 5.92 Å². The van der Waals surface area contributed by atoms with Crippen LogP contribution in [0.25, 0.3) is 0 Å². The van der Waals surface area contributed by atoms with E-state index in [1.807, 2.05) is 11.3 Å². The quantitative estimate of drug-likeness (QED) is 0.776. The second-order valence-electron chi connectivity index (χ2n) is 4.32. The fourth-order valence-corrected chi connectivity index (χ4v) is 4.04. The van der Waals surface area contributed by atoms with Gasteiger partial charge in [0.05, 0.1) is 5.69 Å². The third kappa shape index (κ3) is 2.07. The van der Waals surface area contributed by atoms with E-state index in [0.29, 0.717) is 6.04 Å². The summed E-state index contributed by atoms with van der Waals surface area (Å²) in [7, 11) is 0. The number of alkyl halides is 1. The molecule has 0 aromatic carbocycles. The molecular formula is C11H17BrN2S. The maximum absolute atomic E-state index is 4.65. The Morgan fingerprint density at radius 3 is 2.80 bits per heavy atom. The minimum Gasteiger partial charge on any atom is -0.344 e. The highest BCUT2D eigenvalue weighted by Crippen LogP contribution is 2.34. The van der Waals surface area contributed by atoms with Crippen LogP contribution < -0.4 is 4.90 Å². The van der Waals surface area contributed by atoms with E-state index in [4.69, 9.17) is 0 Å². The molecule has 1 saturated heterocycles. The molecule has 0 radical (unpaired) electrons. The highest BCUT2D eigenvalue weighted by molar-refractivity contribution is 9.09. The average Bonchev–Trinajstić information content (AvgIpc) is 2.71. The zero-order valence-corrected chi connectivity index (χ0v) is 11.9. The van der Waals surface area contributed by atoms with Gasteiger partial charge in [-0.1, -0.05) is 22.9 Å². The molecule has 4 heteroatoms. The standard InChI is InChI=1S/C11H17BrN2S/c1-7-4-5-14(10(7)6-12)11-13-8(2)9(3)15-11/h7,10H,4-6H2,1-3H3. The maximum Gasteiger partial charge on any atom is 0.186 e. The molecule has 0 aliphatic carbocycles. The minimum absolute atomic E-state index is 0.620. The highest BCUT2D eigenvalue weighted by Gasteiger charge is 2.32. The van der Waals surface area contributed by atoms with Gasteiger partial charge < -0.3 is 4.90 Å². The van der Waals surface area contributed by atoms with Gasteiger partial charge in [-0.15, -0.1) is 11.3 Å². The molecule has 2 heterocycles. The van der Waals surface area contributed by atoms with Crippen molar-refractivity contribution < 1.29 is 0 Å². The highest BCUT2D eigenvalue weighted by atomic mass is 79.9. The Balaban J connectivity index is 2.23. The molecule has 0 bridgehead atoms. The molecule has 2 unspecified atom stereocenters. The number of aryl methyl sites for hydroxylation is 2. The molecule has 15 heavy (non-hydrogen) atoms. The molecule has 1 aromatic rings. The van der Waals surface area contributed by atoms with Crippen LogP contribution in [0.4, 0.5) is 5.13 Å². The zero-order valence-electron chi connectivity index (χ0n) is 9.46. The van der Waals surface area contributed by atoms with E-state index in [-0.39, 0.29) is 0 Å². The number of nitrogens with zero attached hydrogens (tertiary/aromatic N) is 2. The first-order chi connectivity index (χ1) is 7.13. The van der Waals surface area contributed by atoms with Gasteiger partial charge >= 0.3 is 0 Å². The van der Waals surface area contributed by atoms with Gasteiger partial charge in [0.2, 0.25) is 0 Å². The Labute approximate surface area is 104 Å². The monoisotopic (exact) mass is 288 g/mol. The van der Waals surface area contributed by atoms with Gasteiger partial charge in [0.25, 0.3) is 0 Å². The SMILES string of the molecule is Cc1nc(N2CCC(C)C2CBr)sc1C. The Morgan fingerprint density at radius 2 is 2.27 bits per heavy atom. The van der Waals surface area contributed by atoms with Crippen LogP contribution in [-0.4, -0.2) is 22.9 Å². The molecule has 1 fully saturated rings. The van der Waals surface area contributed by atoms with Gasteiger partial charge in [0.1, 0.15) is 0 Å². The van der Waals surface area contributed by atoms with Crippen molar-refractivity contribution in [1.82, 2.24) is 4.98 Å². The van der Waals surface area contributed by atoms with Crippen LogP contribution in [0, 0.1) is 19.8 Å². The van der Waals surface area contributed by atoms with Crippen LogP contribution in [0.15, 0.2) is 0 Å². The van der Waals surface area contributed by atoms with Crippen molar-refractivity contribution in [2.45, 2.75) is 33.2 Å². The van der Waals surface area contributed by atoms with Crippen molar-refractivity contribution in [3.05, 3.63) is 10.6 Å². The normalized spacial score (nSPS) is 26.3. The smallest absolute Gasteiger partial charge is 0.186 e. The lowest BCUT2D eigenvalue weighted by Crippen LogP contribution is -2.33. The van der Waals surface area contributed by atoms with Crippen LogP contribution in [0.1, 0.15) is 23.9 Å². The van der Waals surface area contributed by atoms with Gasteiger partial charge in [-0.3, -0.25) is 0 Å². The first-order valence-corrected chi connectivity index (χ1v) is 7.34. The van der Waals surface area contributed by atoms with Crippen LogP contribution >= 0.6 is 27.3 Å². The van der Waals surface area contributed by atoms with Crippen molar-refractivity contribution in [3.63, 3.8) is 0 Å². The van der Waals surface area contributed by atoms with Crippen LogP contribution in [0.3, 0.4) is 0 Å². The van der Waals surface area contributed by atoms with Gasteiger partial charge in [-0.2, -0.15) is 0 Å². The van der Waals surface area contributed by atoms with Gasteiger partial charge in [-0.05, 0) is 26.2 Å². The number of anilines is 1. The second kappa shape index (κ2) is 4.42. The average molecular weight is 289 g/mol. The molecule has 84 valence electrons. The Morgan fingerprint density at radius 1 is 1.53 bits per heavy atom. The number of rotatable bonds is 2. The van der Waals surface area contributed by atoms with Crippen molar-refractivity contribution in [3.8, 4) is 0 Å². The van der Waals surface area contributed by atoms with Crippen molar-refractivity contribution in [2.75, 3.05) is 16.8 Å². The van der Waals surface area contributed by atoms with E-state index in [9.17, 15) is 0 Å². The summed E-state index contributed by atoms with van der Waals surface area (Å²) in [6.07, 6.45) is 1.29. The van der Waals surface area contributed by atoms with E-state index in [1.54, 1.807) is 0 Å². The molecule has 2 atom stereocenters. The molecule has 1 aliphatic heterocycles. The lowest BCUT2D eigenvalue weighted by atomic mass is 10.1.